The minimum Gasteiger partial charge on any atom is -0.350 e. The van der Waals surface area contributed by atoms with E-state index in [1.54, 1.807) is 44.2 Å². The molecule has 208 valence electrons. The van der Waals surface area contributed by atoms with Crippen molar-refractivity contribution < 1.29 is 18.0 Å². The van der Waals surface area contributed by atoms with Crippen LogP contribution in [0.2, 0.25) is 5.02 Å². The molecule has 0 aliphatic rings. The molecule has 7 nitrogen and oxygen atoms in total. The average Bonchev–Trinajstić information content (AvgIpc) is 2.86. The molecule has 0 spiro atoms. The molecule has 0 heterocycles. The predicted octanol–water partition coefficient (Wildman–Crippen LogP) is 5.94. The van der Waals surface area contributed by atoms with Gasteiger partial charge < -0.3 is 10.2 Å². The van der Waals surface area contributed by atoms with Gasteiger partial charge in [-0.15, -0.1) is 0 Å². The summed E-state index contributed by atoms with van der Waals surface area (Å²) >= 11 is 9.71. The maximum atomic E-state index is 14.0. The Balaban J connectivity index is 2.07. The first-order valence-electron chi connectivity index (χ1n) is 12.4. The van der Waals surface area contributed by atoms with Gasteiger partial charge in [-0.3, -0.25) is 13.9 Å². The third kappa shape index (κ3) is 8.06. The Kier molecular flexibility index (Phi) is 9.85. The van der Waals surface area contributed by atoms with Crippen molar-refractivity contribution in [1.82, 2.24) is 10.2 Å². The zero-order chi connectivity index (χ0) is 29.0. The van der Waals surface area contributed by atoms with Crippen LogP contribution in [0.1, 0.15) is 38.8 Å². The van der Waals surface area contributed by atoms with E-state index in [-0.39, 0.29) is 23.0 Å². The van der Waals surface area contributed by atoms with Crippen LogP contribution in [0, 0.1) is 6.92 Å². The zero-order valence-corrected chi connectivity index (χ0v) is 25.8. The number of hydrogen-bond acceptors (Lipinski definition) is 4. The topological polar surface area (TPSA) is 86.8 Å². The molecule has 0 fully saturated rings. The summed E-state index contributed by atoms with van der Waals surface area (Å²) in [5.41, 5.74) is 1.18. The summed E-state index contributed by atoms with van der Waals surface area (Å²) in [5.74, 6) is -0.882. The maximum Gasteiger partial charge on any atom is 0.264 e. The van der Waals surface area contributed by atoms with E-state index in [0.29, 0.717) is 10.6 Å². The van der Waals surface area contributed by atoms with E-state index < -0.39 is 34.1 Å². The Bertz CT molecular complexity index is 1440. The molecule has 0 unspecified atom stereocenters. The molecule has 39 heavy (non-hydrogen) atoms. The fourth-order valence-electron chi connectivity index (χ4n) is 3.97. The third-order valence-electron chi connectivity index (χ3n) is 5.96. The first-order valence-corrected chi connectivity index (χ1v) is 15.0. The van der Waals surface area contributed by atoms with Gasteiger partial charge in [0, 0.05) is 21.6 Å². The van der Waals surface area contributed by atoms with Crippen LogP contribution >= 0.6 is 27.5 Å². The minimum absolute atomic E-state index is 0.0363. The van der Waals surface area contributed by atoms with Gasteiger partial charge in [-0.05, 0) is 82.1 Å². The molecule has 0 saturated carbocycles. The second-order valence-electron chi connectivity index (χ2n) is 10.3. The molecule has 1 atom stereocenters. The Labute approximate surface area is 244 Å². The number of nitrogens with zero attached hydrogens (tertiary/aromatic N) is 2. The monoisotopic (exact) mass is 633 g/mol. The minimum atomic E-state index is -4.16. The van der Waals surface area contributed by atoms with Crippen LogP contribution in [0.25, 0.3) is 0 Å². The van der Waals surface area contributed by atoms with E-state index in [9.17, 15) is 18.0 Å². The lowest BCUT2D eigenvalue weighted by Crippen LogP contribution is -2.54. The standard InChI is InChI=1S/C29H33BrClN3O4S/c1-20-14-15-24(31)17-26(20)34(39(37,38)25-12-7-6-8-13-25)19-27(35)33(18-22-10-9-11-23(30)16-22)21(2)28(36)32-29(3,4)5/h6-17,21H,18-19H2,1-5H3,(H,32,36)/t21-/m0/s1. The van der Waals surface area contributed by atoms with Crippen LogP contribution in [0.3, 0.4) is 0 Å². The Morgan fingerprint density at radius 2 is 1.67 bits per heavy atom. The van der Waals surface area contributed by atoms with Crippen LogP contribution in [-0.2, 0) is 26.2 Å². The molecule has 0 aromatic heterocycles. The summed E-state index contributed by atoms with van der Waals surface area (Å²) in [6.07, 6.45) is 0. The van der Waals surface area contributed by atoms with E-state index >= 15 is 0 Å². The van der Waals surface area contributed by atoms with E-state index in [2.05, 4.69) is 21.2 Å². The van der Waals surface area contributed by atoms with Gasteiger partial charge in [-0.1, -0.05) is 63.9 Å². The van der Waals surface area contributed by atoms with Crippen molar-refractivity contribution in [2.24, 2.45) is 0 Å². The van der Waals surface area contributed by atoms with Crippen LogP contribution in [-0.4, -0.2) is 43.3 Å². The summed E-state index contributed by atoms with van der Waals surface area (Å²) in [4.78, 5) is 28.6. The van der Waals surface area contributed by atoms with Gasteiger partial charge in [0.05, 0.1) is 10.6 Å². The number of amides is 2. The van der Waals surface area contributed by atoms with Crippen molar-refractivity contribution in [2.75, 3.05) is 10.8 Å². The molecule has 0 aliphatic heterocycles. The normalized spacial score (nSPS) is 12.5. The summed E-state index contributed by atoms with van der Waals surface area (Å²) < 4.78 is 29.6. The lowest BCUT2D eigenvalue weighted by atomic mass is 10.1. The van der Waals surface area contributed by atoms with E-state index in [0.717, 1.165) is 14.3 Å². The number of aryl methyl sites for hydroxylation is 1. The van der Waals surface area contributed by atoms with Crippen LogP contribution in [0.4, 0.5) is 5.69 Å². The number of rotatable bonds is 9. The second kappa shape index (κ2) is 12.5. The Morgan fingerprint density at radius 3 is 2.28 bits per heavy atom. The molecular formula is C29H33BrClN3O4S. The molecule has 0 bridgehead atoms. The first-order chi connectivity index (χ1) is 18.2. The molecule has 0 radical (unpaired) electrons. The molecule has 1 N–H and O–H groups in total. The van der Waals surface area contributed by atoms with E-state index in [4.69, 9.17) is 11.6 Å². The number of anilines is 1. The van der Waals surface area contributed by atoms with Crippen LogP contribution in [0.5, 0.6) is 0 Å². The summed E-state index contributed by atoms with van der Waals surface area (Å²) in [6.45, 7) is 8.53. The first kappa shape index (κ1) is 30.7. The van der Waals surface area contributed by atoms with E-state index in [1.165, 1.54) is 23.1 Å². The van der Waals surface area contributed by atoms with Gasteiger partial charge in [-0.2, -0.15) is 0 Å². The molecule has 0 saturated heterocycles. The second-order valence-corrected chi connectivity index (χ2v) is 13.5. The fraction of sp³-hybridized carbons (Fsp3) is 0.310. The molecule has 2 amide bonds. The van der Waals surface area contributed by atoms with Gasteiger partial charge in [0.25, 0.3) is 10.0 Å². The maximum absolute atomic E-state index is 14.0. The van der Waals surface area contributed by atoms with Gasteiger partial charge in [0.2, 0.25) is 11.8 Å². The molecule has 10 heteroatoms. The molecular weight excluding hydrogens is 602 g/mol. The lowest BCUT2D eigenvalue weighted by Gasteiger charge is -2.34. The van der Waals surface area contributed by atoms with Crippen molar-refractivity contribution in [3.63, 3.8) is 0 Å². The summed E-state index contributed by atoms with van der Waals surface area (Å²) in [6, 6.07) is 19.3. The molecule has 3 rings (SSSR count). The number of hydrogen-bond donors (Lipinski definition) is 1. The third-order valence-corrected chi connectivity index (χ3v) is 8.46. The quantitative estimate of drug-likeness (QED) is 0.316. The van der Waals surface area contributed by atoms with Gasteiger partial charge >= 0.3 is 0 Å². The number of carbonyl (C=O) groups is 2. The highest BCUT2D eigenvalue weighted by Crippen LogP contribution is 2.30. The van der Waals surface area contributed by atoms with Crippen molar-refractivity contribution in [2.45, 2.75) is 57.6 Å². The SMILES string of the molecule is Cc1ccc(Cl)cc1N(CC(=O)N(Cc1cccc(Br)c1)[C@@H](C)C(=O)NC(C)(C)C)S(=O)(=O)c1ccccc1. The van der Waals surface area contributed by atoms with Crippen molar-refractivity contribution >= 4 is 55.1 Å². The predicted molar refractivity (Wildman–Crippen MR) is 159 cm³/mol. The van der Waals surface area contributed by atoms with E-state index in [1.807, 2.05) is 45.0 Å². The van der Waals surface area contributed by atoms with Crippen molar-refractivity contribution in [1.29, 1.82) is 0 Å². The summed E-state index contributed by atoms with van der Waals surface area (Å²) in [5, 5.41) is 3.25. The lowest BCUT2D eigenvalue weighted by molar-refractivity contribution is -0.140. The largest absolute Gasteiger partial charge is 0.350 e. The van der Waals surface area contributed by atoms with Gasteiger partial charge in [0.15, 0.2) is 0 Å². The zero-order valence-electron chi connectivity index (χ0n) is 22.6. The highest BCUT2D eigenvalue weighted by molar-refractivity contribution is 9.10. The number of nitrogens with one attached hydrogen (secondary N) is 1. The van der Waals surface area contributed by atoms with Crippen molar-refractivity contribution in [3.05, 3.63) is 93.4 Å². The fourth-order valence-corrected chi connectivity index (χ4v) is 6.08. The average molecular weight is 635 g/mol. The Hall–Kier alpha value is -2.88. The highest BCUT2D eigenvalue weighted by atomic mass is 79.9. The van der Waals surface area contributed by atoms with Gasteiger partial charge in [-0.25, -0.2) is 8.42 Å². The number of halogens is 2. The van der Waals surface area contributed by atoms with Crippen LogP contribution < -0.4 is 9.62 Å². The molecule has 0 aliphatic carbocycles. The number of benzene rings is 3. The van der Waals surface area contributed by atoms with Crippen LogP contribution in [0.15, 0.2) is 82.2 Å². The smallest absolute Gasteiger partial charge is 0.264 e. The van der Waals surface area contributed by atoms with Crippen molar-refractivity contribution in [3.8, 4) is 0 Å². The number of sulfonamides is 1. The molecule has 3 aromatic rings. The summed E-state index contributed by atoms with van der Waals surface area (Å²) in [7, 11) is -4.16. The van der Waals surface area contributed by atoms with Gasteiger partial charge in [0.1, 0.15) is 12.6 Å². The number of carbonyl (C=O) groups excluding carboxylic acids is 2. The molecule has 3 aromatic carbocycles. The Morgan fingerprint density at radius 1 is 1.00 bits per heavy atom. The highest BCUT2D eigenvalue weighted by Gasteiger charge is 2.34.